The second-order valence-electron chi connectivity index (χ2n) is 4.95. The third kappa shape index (κ3) is 6.14. The number of nitrogens with one attached hydrogen (secondary N) is 3. The average Bonchev–Trinajstić information content (AvgIpc) is 2.57. The molecule has 0 unspecified atom stereocenters. The number of benzene rings is 2. The maximum atomic E-state index is 12.0. The molecule has 2 aromatic carbocycles. The van der Waals surface area contributed by atoms with Gasteiger partial charge in [-0.3, -0.25) is 4.79 Å². The van der Waals surface area contributed by atoms with Crippen molar-refractivity contribution in [3.8, 4) is 0 Å². The minimum atomic E-state index is -0.308. The van der Waals surface area contributed by atoms with E-state index in [1.54, 1.807) is 31.3 Å². The van der Waals surface area contributed by atoms with Crippen LogP contribution in [0.5, 0.6) is 0 Å². The van der Waals surface area contributed by atoms with E-state index in [4.69, 9.17) is 11.6 Å². The molecule has 0 aliphatic heterocycles. The summed E-state index contributed by atoms with van der Waals surface area (Å²) in [5, 5.41) is 8.65. The third-order valence-electron chi connectivity index (χ3n) is 3.05. The summed E-state index contributed by atoms with van der Waals surface area (Å²) in [6.45, 7) is 0. The van der Waals surface area contributed by atoms with Crippen molar-refractivity contribution in [2.45, 2.75) is 5.75 Å². The number of thioether (sulfide) groups is 1. The second kappa shape index (κ2) is 9.20. The molecule has 0 fully saturated rings. The van der Waals surface area contributed by atoms with Gasteiger partial charge in [-0.15, -0.1) is 11.8 Å². The Morgan fingerprint density at radius 3 is 2.38 bits per heavy atom. The van der Waals surface area contributed by atoms with Crippen molar-refractivity contribution in [1.29, 1.82) is 0 Å². The fourth-order valence-electron chi connectivity index (χ4n) is 1.91. The highest BCUT2D eigenvalue weighted by Crippen LogP contribution is 2.17. The van der Waals surface area contributed by atoms with Gasteiger partial charge in [0, 0.05) is 29.2 Å². The van der Waals surface area contributed by atoms with E-state index in [1.165, 1.54) is 11.8 Å². The Balaban J connectivity index is 1.80. The number of carbonyl (C=O) groups excluding carboxylic acids is 2. The SMILES string of the molecule is CNC(=O)Nc1cccc(NC(=O)CSCc2ccc(Cl)cc2)c1. The number of amides is 3. The molecule has 0 atom stereocenters. The Bertz CT molecular complexity index is 707. The van der Waals surface area contributed by atoms with Crippen molar-refractivity contribution >= 4 is 46.7 Å². The zero-order valence-electron chi connectivity index (χ0n) is 13.1. The molecule has 0 aromatic heterocycles. The van der Waals surface area contributed by atoms with E-state index < -0.39 is 0 Å². The molecule has 2 rings (SSSR count). The molecule has 24 heavy (non-hydrogen) atoms. The van der Waals surface area contributed by atoms with Gasteiger partial charge in [0.05, 0.1) is 5.75 Å². The molecule has 3 amide bonds. The van der Waals surface area contributed by atoms with Gasteiger partial charge in [-0.1, -0.05) is 29.8 Å². The number of urea groups is 1. The van der Waals surface area contributed by atoms with Crippen LogP contribution >= 0.6 is 23.4 Å². The third-order valence-corrected chi connectivity index (χ3v) is 4.30. The molecule has 0 bridgehead atoms. The first kappa shape index (κ1) is 18.2. The predicted molar refractivity (Wildman–Crippen MR) is 101 cm³/mol. The van der Waals surface area contributed by atoms with Crippen molar-refractivity contribution in [2.75, 3.05) is 23.4 Å². The molecular weight excluding hydrogens is 346 g/mol. The fourth-order valence-corrected chi connectivity index (χ4v) is 2.82. The van der Waals surface area contributed by atoms with Crippen LogP contribution in [0.4, 0.5) is 16.2 Å². The summed E-state index contributed by atoms with van der Waals surface area (Å²) in [4.78, 5) is 23.3. The van der Waals surface area contributed by atoms with Crippen LogP contribution in [-0.2, 0) is 10.5 Å². The van der Waals surface area contributed by atoms with E-state index in [0.29, 0.717) is 22.2 Å². The van der Waals surface area contributed by atoms with Crippen molar-refractivity contribution in [3.05, 3.63) is 59.1 Å². The standard InChI is InChI=1S/C17H18ClN3O2S/c1-19-17(23)21-15-4-2-3-14(9-15)20-16(22)11-24-10-12-5-7-13(18)8-6-12/h2-9H,10-11H2,1H3,(H,20,22)(H2,19,21,23). The van der Waals surface area contributed by atoms with Gasteiger partial charge in [0.25, 0.3) is 0 Å². The minimum absolute atomic E-state index is 0.0916. The number of hydrogen-bond acceptors (Lipinski definition) is 3. The first-order chi connectivity index (χ1) is 11.6. The van der Waals surface area contributed by atoms with E-state index >= 15 is 0 Å². The van der Waals surface area contributed by atoms with Crippen LogP contribution in [0.3, 0.4) is 0 Å². The highest BCUT2D eigenvalue weighted by atomic mass is 35.5. The normalized spacial score (nSPS) is 10.1. The van der Waals surface area contributed by atoms with Gasteiger partial charge in [-0.05, 0) is 35.9 Å². The largest absolute Gasteiger partial charge is 0.341 e. The maximum Gasteiger partial charge on any atom is 0.318 e. The number of halogens is 1. The molecular formula is C17H18ClN3O2S. The number of carbonyl (C=O) groups is 2. The van der Waals surface area contributed by atoms with Gasteiger partial charge in [0.1, 0.15) is 0 Å². The summed E-state index contributed by atoms with van der Waals surface area (Å²) in [6.07, 6.45) is 0. The molecule has 126 valence electrons. The van der Waals surface area contributed by atoms with Crippen LogP contribution in [0.25, 0.3) is 0 Å². The minimum Gasteiger partial charge on any atom is -0.341 e. The van der Waals surface area contributed by atoms with Crippen LogP contribution in [-0.4, -0.2) is 24.7 Å². The second-order valence-corrected chi connectivity index (χ2v) is 6.37. The molecule has 0 aliphatic carbocycles. The molecule has 3 N–H and O–H groups in total. The molecule has 0 radical (unpaired) electrons. The van der Waals surface area contributed by atoms with Gasteiger partial charge >= 0.3 is 6.03 Å². The van der Waals surface area contributed by atoms with Crippen LogP contribution in [0, 0.1) is 0 Å². The molecule has 0 heterocycles. The van der Waals surface area contributed by atoms with Crippen molar-refractivity contribution < 1.29 is 9.59 Å². The average molecular weight is 364 g/mol. The van der Waals surface area contributed by atoms with Crippen molar-refractivity contribution in [1.82, 2.24) is 5.32 Å². The molecule has 0 aliphatic rings. The summed E-state index contributed by atoms with van der Waals surface area (Å²) in [5.41, 5.74) is 2.37. The lowest BCUT2D eigenvalue weighted by Crippen LogP contribution is -2.24. The van der Waals surface area contributed by atoms with Gasteiger partial charge in [-0.2, -0.15) is 0 Å². The Kier molecular flexibility index (Phi) is 6.96. The van der Waals surface area contributed by atoms with Gasteiger partial charge in [0.15, 0.2) is 0 Å². The van der Waals surface area contributed by atoms with Crippen LogP contribution in [0.15, 0.2) is 48.5 Å². The zero-order valence-corrected chi connectivity index (χ0v) is 14.7. The van der Waals surface area contributed by atoms with E-state index in [1.807, 2.05) is 24.3 Å². The van der Waals surface area contributed by atoms with Gasteiger partial charge in [0.2, 0.25) is 5.91 Å². The van der Waals surface area contributed by atoms with Crippen LogP contribution in [0.2, 0.25) is 5.02 Å². The van der Waals surface area contributed by atoms with Crippen LogP contribution in [0.1, 0.15) is 5.56 Å². The maximum absolute atomic E-state index is 12.0. The molecule has 0 saturated heterocycles. The van der Waals surface area contributed by atoms with Crippen LogP contribution < -0.4 is 16.0 Å². The lowest BCUT2D eigenvalue weighted by Gasteiger charge is -2.08. The van der Waals surface area contributed by atoms with E-state index in [9.17, 15) is 9.59 Å². The molecule has 0 saturated carbocycles. The van der Waals surface area contributed by atoms with Gasteiger partial charge in [-0.25, -0.2) is 4.79 Å². The summed E-state index contributed by atoms with van der Waals surface area (Å²) >= 11 is 7.36. The monoisotopic (exact) mass is 363 g/mol. The first-order valence-electron chi connectivity index (χ1n) is 7.27. The lowest BCUT2D eigenvalue weighted by atomic mass is 10.2. The molecule has 2 aromatic rings. The quantitative estimate of drug-likeness (QED) is 0.727. The predicted octanol–water partition coefficient (Wildman–Crippen LogP) is 3.96. The summed E-state index contributed by atoms with van der Waals surface area (Å²) in [5.74, 6) is 0.990. The number of hydrogen-bond donors (Lipinski definition) is 3. The first-order valence-corrected chi connectivity index (χ1v) is 8.81. The molecule has 5 nitrogen and oxygen atoms in total. The lowest BCUT2D eigenvalue weighted by molar-refractivity contribution is -0.113. The number of rotatable bonds is 6. The molecule has 7 heteroatoms. The number of anilines is 2. The molecule has 0 spiro atoms. The smallest absolute Gasteiger partial charge is 0.318 e. The Morgan fingerprint density at radius 1 is 1.04 bits per heavy atom. The Morgan fingerprint density at radius 2 is 1.71 bits per heavy atom. The Labute approximate surface area is 150 Å². The highest BCUT2D eigenvalue weighted by Gasteiger charge is 2.05. The summed E-state index contributed by atoms with van der Waals surface area (Å²) in [6, 6.07) is 14.3. The van der Waals surface area contributed by atoms with E-state index in [-0.39, 0.29) is 11.9 Å². The Hall–Kier alpha value is -2.18. The summed E-state index contributed by atoms with van der Waals surface area (Å²) in [7, 11) is 1.54. The van der Waals surface area contributed by atoms with E-state index in [0.717, 1.165) is 11.3 Å². The van der Waals surface area contributed by atoms with Gasteiger partial charge < -0.3 is 16.0 Å². The van der Waals surface area contributed by atoms with Crippen molar-refractivity contribution in [2.24, 2.45) is 0 Å². The van der Waals surface area contributed by atoms with E-state index in [2.05, 4.69) is 16.0 Å². The van der Waals surface area contributed by atoms with Crippen molar-refractivity contribution in [3.63, 3.8) is 0 Å². The highest BCUT2D eigenvalue weighted by molar-refractivity contribution is 7.99. The summed E-state index contributed by atoms with van der Waals surface area (Å²) < 4.78 is 0. The topological polar surface area (TPSA) is 70.2 Å². The zero-order chi connectivity index (χ0) is 17.4. The fraction of sp³-hybridized carbons (Fsp3) is 0.176.